The van der Waals surface area contributed by atoms with E-state index >= 15 is 0 Å². The Kier molecular flexibility index (Phi) is 8.43. The third kappa shape index (κ3) is 6.51. The molecule has 0 aliphatic rings. The van der Waals surface area contributed by atoms with Crippen LogP contribution in [0.5, 0.6) is 5.75 Å². The number of rotatable bonds is 11. The molecule has 0 aliphatic heterocycles. The van der Waals surface area contributed by atoms with E-state index in [-0.39, 0.29) is 30.4 Å². The highest BCUT2D eigenvalue weighted by atomic mass is 19.4. The molecule has 5 rings (SSSR count). The van der Waals surface area contributed by atoms with Gasteiger partial charge in [-0.15, -0.1) is 0 Å². The van der Waals surface area contributed by atoms with Crippen LogP contribution in [0.15, 0.2) is 65.4 Å². The Labute approximate surface area is 242 Å². The van der Waals surface area contributed by atoms with E-state index in [0.29, 0.717) is 34.8 Å². The van der Waals surface area contributed by atoms with Gasteiger partial charge in [-0.3, -0.25) is 0 Å². The van der Waals surface area contributed by atoms with Crippen molar-refractivity contribution < 1.29 is 32.1 Å². The summed E-state index contributed by atoms with van der Waals surface area (Å²) in [4.78, 5) is 21.0. The molecule has 224 valence electrons. The van der Waals surface area contributed by atoms with E-state index in [1.807, 2.05) is 37.3 Å². The molecule has 1 unspecified atom stereocenters. The van der Waals surface area contributed by atoms with Gasteiger partial charge in [-0.25, -0.2) is 19.4 Å². The van der Waals surface area contributed by atoms with E-state index in [1.165, 1.54) is 6.20 Å². The number of carbonyl (C=O) groups excluding carboxylic acids is 1. The van der Waals surface area contributed by atoms with Crippen molar-refractivity contribution in [2.24, 2.45) is 0 Å². The largest absolute Gasteiger partial charge is 0.490 e. The first kappa shape index (κ1) is 29.3. The molecule has 5 N–H and O–H groups in total. The van der Waals surface area contributed by atoms with E-state index in [1.54, 1.807) is 28.8 Å². The van der Waals surface area contributed by atoms with Gasteiger partial charge in [-0.1, -0.05) is 42.5 Å². The van der Waals surface area contributed by atoms with E-state index in [4.69, 9.17) is 30.6 Å². The summed E-state index contributed by atoms with van der Waals surface area (Å²) in [7, 11) is 0. The lowest BCUT2D eigenvalue weighted by Gasteiger charge is -2.20. The summed E-state index contributed by atoms with van der Waals surface area (Å²) in [6, 6.07) is 16.3. The number of halogens is 3. The van der Waals surface area contributed by atoms with Crippen LogP contribution in [-0.4, -0.2) is 56.2 Å². The molecule has 0 fully saturated rings. The third-order valence-electron chi connectivity index (χ3n) is 6.41. The number of carbonyl (C=O) groups is 1. The average molecular weight is 597 g/mol. The maximum absolute atomic E-state index is 13.1. The molecule has 0 amide bonds. The fraction of sp³-hybridized carbons (Fsp3) is 0.250. The standard InChI is InChI=1S/C28H27F3N8O4/c1-2-39-24-20(41-15-19(42-27(40)28(29,30)31)13-34-12-16-7-6-10-18(32)11-16)14-35-21(17-8-4-3-5-9-17)22(24)36-26(39)23-25(33)38-43-37-23/h3-11,14,19,34H,2,12-13,15,32H2,1H3,(H2,33,38). The average Bonchev–Trinajstić information content (AvgIpc) is 3.58. The van der Waals surface area contributed by atoms with Gasteiger partial charge in [0.1, 0.15) is 23.7 Å². The van der Waals surface area contributed by atoms with Crippen LogP contribution in [0.4, 0.5) is 24.7 Å². The Hall–Kier alpha value is -5.18. The van der Waals surface area contributed by atoms with Crippen LogP contribution in [0, 0.1) is 0 Å². The van der Waals surface area contributed by atoms with Gasteiger partial charge in [0.2, 0.25) is 0 Å². The molecule has 0 spiro atoms. The molecule has 1 atom stereocenters. The number of fused-ring (bicyclic) bond motifs is 1. The topological polar surface area (TPSA) is 169 Å². The van der Waals surface area contributed by atoms with Crippen molar-refractivity contribution >= 4 is 28.5 Å². The number of imidazole rings is 1. The smallest absolute Gasteiger partial charge is 0.486 e. The van der Waals surface area contributed by atoms with Crippen LogP contribution in [-0.2, 0) is 22.6 Å². The fourth-order valence-electron chi connectivity index (χ4n) is 4.48. The summed E-state index contributed by atoms with van der Waals surface area (Å²) in [6.45, 7) is 1.93. The van der Waals surface area contributed by atoms with Crippen LogP contribution >= 0.6 is 0 Å². The van der Waals surface area contributed by atoms with Crippen molar-refractivity contribution in [3.8, 4) is 28.5 Å². The molecule has 0 radical (unpaired) electrons. The Balaban J connectivity index is 1.48. The molecule has 0 saturated heterocycles. The van der Waals surface area contributed by atoms with E-state index in [2.05, 4.69) is 20.6 Å². The van der Waals surface area contributed by atoms with Gasteiger partial charge < -0.3 is 30.8 Å². The normalized spacial score (nSPS) is 12.4. The number of anilines is 2. The molecular weight excluding hydrogens is 569 g/mol. The number of benzene rings is 2. The number of nitrogens with one attached hydrogen (secondary N) is 1. The predicted molar refractivity (Wildman–Crippen MR) is 150 cm³/mol. The Morgan fingerprint density at radius 3 is 2.56 bits per heavy atom. The summed E-state index contributed by atoms with van der Waals surface area (Å²) in [6.07, 6.45) is -5.05. The first-order valence-corrected chi connectivity index (χ1v) is 13.1. The number of nitrogen functional groups attached to an aromatic ring is 2. The van der Waals surface area contributed by atoms with Crippen molar-refractivity contribution in [3.05, 3.63) is 66.4 Å². The predicted octanol–water partition coefficient (Wildman–Crippen LogP) is 3.98. The number of nitrogens with zero attached hydrogens (tertiary/aromatic N) is 5. The minimum Gasteiger partial charge on any atom is -0.486 e. The monoisotopic (exact) mass is 596 g/mol. The van der Waals surface area contributed by atoms with Gasteiger partial charge in [-0.05, 0) is 34.9 Å². The second-order valence-electron chi connectivity index (χ2n) is 9.42. The number of hydrogen-bond donors (Lipinski definition) is 3. The van der Waals surface area contributed by atoms with Crippen molar-refractivity contribution in [2.75, 3.05) is 24.6 Å². The number of aryl methyl sites for hydroxylation is 1. The molecular formula is C28H27F3N8O4. The van der Waals surface area contributed by atoms with Gasteiger partial charge in [0.05, 0.1) is 11.9 Å². The minimum absolute atomic E-state index is 0.0204. The van der Waals surface area contributed by atoms with Gasteiger partial charge in [0.15, 0.2) is 23.1 Å². The molecule has 0 saturated carbocycles. The number of aromatic nitrogens is 5. The van der Waals surface area contributed by atoms with Crippen LogP contribution < -0.4 is 21.5 Å². The zero-order chi connectivity index (χ0) is 30.6. The minimum atomic E-state index is -5.18. The fourth-order valence-corrected chi connectivity index (χ4v) is 4.48. The Morgan fingerprint density at radius 1 is 1.09 bits per heavy atom. The van der Waals surface area contributed by atoms with E-state index < -0.39 is 24.9 Å². The van der Waals surface area contributed by atoms with E-state index in [9.17, 15) is 18.0 Å². The zero-order valence-electron chi connectivity index (χ0n) is 22.8. The van der Waals surface area contributed by atoms with Gasteiger partial charge in [-0.2, -0.15) is 13.2 Å². The lowest BCUT2D eigenvalue weighted by molar-refractivity contribution is -0.205. The third-order valence-corrected chi connectivity index (χ3v) is 6.41. The molecule has 0 bridgehead atoms. The van der Waals surface area contributed by atoms with Crippen LogP contribution in [0.25, 0.3) is 33.8 Å². The maximum atomic E-state index is 13.1. The first-order valence-electron chi connectivity index (χ1n) is 13.1. The lowest BCUT2D eigenvalue weighted by Crippen LogP contribution is -2.39. The van der Waals surface area contributed by atoms with Crippen molar-refractivity contribution in [2.45, 2.75) is 32.3 Å². The van der Waals surface area contributed by atoms with Crippen LogP contribution in [0.2, 0.25) is 0 Å². The van der Waals surface area contributed by atoms with Crippen molar-refractivity contribution in [1.82, 2.24) is 30.2 Å². The lowest BCUT2D eigenvalue weighted by atomic mass is 10.1. The highest BCUT2D eigenvalue weighted by Gasteiger charge is 2.42. The zero-order valence-corrected chi connectivity index (χ0v) is 22.8. The summed E-state index contributed by atoms with van der Waals surface area (Å²) in [5.41, 5.74) is 15.5. The SMILES string of the molecule is CCn1c(-c2nonc2N)nc2c(-c3ccccc3)ncc(OCC(CNCc3cccc(N)c3)OC(=O)C(F)(F)F)c21. The number of hydrogen-bond acceptors (Lipinski definition) is 11. The molecule has 15 heteroatoms. The Morgan fingerprint density at radius 2 is 1.88 bits per heavy atom. The number of nitrogens with two attached hydrogens (primary N) is 2. The number of alkyl halides is 3. The highest BCUT2D eigenvalue weighted by Crippen LogP contribution is 2.36. The second-order valence-corrected chi connectivity index (χ2v) is 9.42. The molecule has 12 nitrogen and oxygen atoms in total. The molecule has 3 heterocycles. The molecule has 3 aromatic heterocycles. The first-order chi connectivity index (χ1) is 20.7. The van der Waals surface area contributed by atoms with E-state index in [0.717, 1.165) is 11.1 Å². The second kappa shape index (κ2) is 12.4. The van der Waals surface area contributed by atoms with Crippen LogP contribution in [0.1, 0.15) is 12.5 Å². The van der Waals surface area contributed by atoms with Gasteiger partial charge in [0, 0.05) is 30.9 Å². The number of esters is 1. The highest BCUT2D eigenvalue weighted by molar-refractivity contribution is 5.95. The van der Waals surface area contributed by atoms with Crippen molar-refractivity contribution in [1.29, 1.82) is 0 Å². The van der Waals surface area contributed by atoms with Crippen molar-refractivity contribution in [3.63, 3.8) is 0 Å². The quantitative estimate of drug-likeness (QED) is 0.149. The Bertz CT molecular complexity index is 1720. The van der Waals surface area contributed by atoms with Gasteiger partial charge >= 0.3 is 12.1 Å². The summed E-state index contributed by atoms with van der Waals surface area (Å²) < 4.78 is 56.6. The number of ether oxygens (including phenoxy) is 2. The summed E-state index contributed by atoms with van der Waals surface area (Å²) >= 11 is 0. The molecule has 43 heavy (non-hydrogen) atoms. The van der Waals surface area contributed by atoms with Crippen LogP contribution in [0.3, 0.4) is 0 Å². The molecule has 5 aromatic rings. The number of pyridine rings is 1. The maximum Gasteiger partial charge on any atom is 0.490 e. The molecule has 0 aliphatic carbocycles. The summed E-state index contributed by atoms with van der Waals surface area (Å²) in [5, 5.41) is 10.5. The summed E-state index contributed by atoms with van der Waals surface area (Å²) in [5.74, 6) is -1.79. The molecule has 2 aromatic carbocycles. The van der Waals surface area contributed by atoms with Gasteiger partial charge in [0.25, 0.3) is 0 Å².